The zero-order valence-corrected chi connectivity index (χ0v) is 7.71. The largest absolute Gasteiger partial charge is 0.550 e. The molecular formula is C9H17NO2. The lowest BCUT2D eigenvalue weighted by Crippen LogP contribution is -2.49. The molecule has 1 rings (SSSR count). The average Bonchev–Trinajstić information content (AvgIpc) is 2.03. The number of rotatable bonds is 3. The minimum absolute atomic E-state index is 0.205. The number of nitrogens with zero attached hydrogens (tertiary/aromatic N) is 1. The van der Waals surface area contributed by atoms with Crippen molar-refractivity contribution in [2.75, 3.05) is 26.7 Å². The van der Waals surface area contributed by atoms with Crippen molar-refractivity contribution >= 4 is 5.97 Å². The van der Waals surface area contributed by atoms with E-state index in [9.17, 15) is 9.90 Å². The van der Waals surface area contributed by atoms with Crippen LogP contribution in [0.4, 0.5) is 0 Å². The second-order valence-corrected chi connectivity index (χ2v) is 3.97. The van der Waals surface area contributed by atoms with Gasteiger partial charge in [-0.05, 0) is 19.3 Å². The standard InChI is InChI=1S/C9H17NO2/c1-10(8-5-9(11)12)6-3-2-4-7-10/h2-8H2,1H3. The molecule has 0 aromatic carbocycles. The van der Waals surface area contributed by atoms with Gasteiger partial charge in [0.25, 0.3) is 0 Å². The number of hydrogen-bond acceptors (Lipinski definition) is 2. The van der Waals surface area contributed by atoms with E-state index in [1.165, 1.54) is 19.3 Å². The Morgan fingerprint density at radius 1 is 1.33 bits per heavy atom. The lowest BCUT2D eigenvalue weighted by atomic mass is 10.1. The molecule has 1 fully saturated rings. The van der Waals surface area contributed by atoms with Gasteiger partial charge in [0.1, 0.15) is 0 Å². The van der Waals surface area contributed by atoms with Crippen molar-refractivity contribution in [3.8, 4) is 0 Å². The fraction of sp³-hybridized carbons (Fsp3) is 0.889. The molecular weight excluding hydrogens is 154 g/mol. The second kappa shape index (κ2) is 3.90. The number of carboxylic acid groups (broad SMARTS) is 1. The van der Waals surface area contributed by atoms with E-state index < -0.39 is 5.97 Å². The highest BCUT2D eigenvalue weighted by atomic mass is 16.4. The zero-order chi connectivity index (χ0) is 9.03. The Labute approximate surface area is 73.6 Å². The maximum Gasteiger partial charge on any atom is 0.0837 e. The molecule has 0 spiro atoms. The number of quaternary nitrogens is 1. The van der Waals surface area contributed by atoms with Crippen LogP contribution in [0.25, 0.3) is 0 Å². The van der Waals surface area contributed by atoms with Crippen LogP contribution in [0.3, 0.4) is 0 Å². The molecule has 0 amide bonds. The Morgan fingerprint density at radius 2 is 1.92 bits per heavy atom. The van der Waals surface area contributed by atoms with Gasteiger partial charge in [0.2, 0.25) is 0 Å². The van der Waals surface area contributed by atoms with Crippen molar-refractivity contribution in [3.63, 3.8) is 0 Å². The van der Waals surface area contributed by atoms with E-state index in [1.54, 1.807) is 0 Å². The van der Waals surface area contributed by atoms with E-state index in [0.29, 0.717) is 0 Å². The van der Waals surface area contributed by atoms with Gasteiger partial charge < -0.3 is 14.4 Å². The molecule has 0 bridgehead atoms. The van der Waals surface area contributed by atoms with Gasteiger partial charge in [-0.25, -0.2) is 0 Å². The molecule has 0 aromatic heterocycles. The van der Waals surface area contributed by atoms with Crippen LogP contribution >= 0.6 is 0 Å². The third-order valence-corrected chi connectivity index (χ3v) is 2.75. The van der Waals surface area contributed by atoms with Gasteiger partial charge in [-0.3, -0.25) is 0 Å². The van der Waals surface area contributed by atoms with Crippen molar-refractivity contribution in [3.05, 3.63) is 0 Å². The van der Waals surface area contributed by atoms with Crippen LogP contribution in [-0.4, -0.2) is 37.1 Å². The summed E-state index contributed by atoms with van der Waals surface area (Å²) in [6.07, 6.45) is 3.99. The van der Waals surface area contributed by atoms with E-state index in [1.807, 2.05) is 0 Å². The predicted octanol–water partition coefficient (Wildman–Crippen LogP) is -0.243. The Morgan fingerprint density at radius 3 is 2.42 bits per heavy atom. The van der Waals surface area contributed by atoms with Crippen molar-refractivity contribution in [2.45, 2.75) is 25.7 Å². The van der Waals surface area contributed by atoms with Crippen molar-refractivity contribution in [1.29, 1.82) is 0 Å². The fourth-order valence-corrected chi connectivity index (χ4v) is 1.86. The molecule has 0 aliphatic carbocycles. The smallest absolute Gasteiger partial charge is 0.0837 e. The van der Waals surface area contributed by atoms with Crippen molar-refractivity contribution in [2.24, 2.45) is 0 Å². The van der Waals surface area contributed by atoms with Crippen LogP contribution in [0.5, 0.6) is 0 Å². The molecule has 1 saturated heterocycles. The van der Waals surface area contributed by atoms with E-state index in [-0.39, 0.29) is 6.42 Å². The molecule has 3 nitrogen and oxygen atoms in total. The summed E-state index contributed by atoms with van der Waals surface area (Å²) in [5, 5.41) is 10.3. The van der Waals surface area contributed by atoms with Crippen LogP contribution in [0.2, 0.25) is 0 Å². The molecule has 1 aliphatic heterocycles. The fourth-order valence-electron chi connectivity index (χ4n) is 1.86. The first-order valence-corrected chi connectivity index (χ1v) is 4.66. The first-order valence-electron chi connectivity index (χ1n) is 4.66. The highest BCUT2D eigenvalue weighted by Crippen LogP contribution is 2.16. The quantitative estimate of drug-likeness (QED) is 0.550. The third kappa shape index (κ3) is 2.81. The van der Waals surface area contributed by atoms with Crippen LogP contribution < -0.4 is 5.11 Å². The molecule has 0 unspecified atom stereocenters. The normalized spacial score (nSPS) is 22.1. The average molecular weight is 171 g/mol. The minimum Gasteiger partial charge on any atom is -0.550 e. The Hall–Kier alpha value is -0.570. The SMILES string of the molecule is C[N+]1(CCC(=O)[O-])CCCCC1. The lowest BCUT2D eigenvalue weighted by molar-refractivity contribution is -0.913. The van der Waals surface area contributed by atoms with Crippen LogP contribution in [-0.2, 0) is 4.79 Å². The molecule has 70 valence electrons. The molecule has 1 aliphatic rings. The number of piperidine rings is 1. The van der Waals surface area contributed by atoms with E-state index in [2.05, 4.69) is 7.05 Å². The maximum absolute atomic E-state index is 10.3. The molecule has 0 saturated carbocycles. The van der Waals surface area contributed by atoms with Crippen molar-refractivity contribution in [1.82, 2.24) is 0 Å². The van der Waals surface area contributed by atoms with Gasteiger partial charge in [0.15, 0.2) is 0 Å². The summed E-state index contributed by atoms with van der Waals surface area (Å²) in [7, 11) is 2.14. The topological polar surface area (TPSA) is 40.1 Å². The Balaban J connectivity index is 2.31. The molecule has 0 N–H and O–H groups in total. The highest BCUT2D eigenvalue weighted by molar-refractivity contribution is 5.64. The van der Waals surface area contributed by atoms with Crippen LogP contribution in [0.1, 0.15) is 25.7 Å². The Bertz CT molecular complexity index is 162. The van der Waals surface area contributed by atoms with Gasteiger partial charge >= 0.3 is 0 Å². The Kier molecular flexibility index (Phi) is 3.09. The molecule has 3 heteroatoms. The molecule has 0 atom stereocenters. The van der Waals surface area contributed by atoms with Crippen molar-refractivity contribution < 1.29 is 14.4 Å². The maximum atomic E-state index is 10.3. The van der Waals surface area contributed by atoms with Gasteiger partial charge in [-0.15, -0.1) is 0 Å². The number of likely N-dealkylation sites (tertiary alicyclic amines) is 1. The highest BCUT2D eigenvalue weighted by Gasteiger charge is 2.23. The number of hydrogen-bond donors (Lipinski definition) is 0. The van der Waals surface area contributed by atoms with E-state index in [0.717, 1.165) is 24.1 Å². The third-order valence-electron chi connectivity index (χ3n) is 2.75. The summed E-state index contributed by atoms with van der Waals surface area (Å²) >= 11 is 0. The second-order valence-electron chi connectivity index (χ2n) is 3.97. The van der Waals surface area contributed by atoms with E-state index in [4.69, 9.17) is 0 Å². The van der Waals surface area contributed by atoms with E-state index >= 15 is 0 Å². The summed E-state index contributed by atoms with van der Waals surface area (Å²) < 4.78 is 0.925. The lowest BCUT2D eigenvalue weighted by Gasteiger charge is -2.37. The molecule has 0 radical (unpaired) electrons. The molecule has 1 heterocycles. The van der Waals surface area contributed by atoms with Crippen LogP contribution in [0.15, 0.2) is 0 Å². The van der Waals surface area contributed by atoms with Crippen LogP contribution in [0, 0.1) is 0 Å². The van der Waals surface area contributed by atoms with Gasteiger partial charge in [-0.1, -0.05) is 0 Å². The summed E-state index contributed by atoms with van der Waals surface area (Å²) in [5.74, 6) is -0.917. The van der Waals surface area contributed by atoms with Gasteiger partial charge in [0.05, 0.1) is 26.7 Å². The molecule has 0 aromatic rings. The molecule has 12 heavy (non-hydrogen) atoms. The summed E-state index contributed by atoms with van der Waals surface area (Å²) in [6.45, 7) is 3.00. The summed E-state index contributed by atoms with van der Waals surface area (Å²) in [5.41, 5.74) is 0. The monoisotopic (exact) mass is 171 g/mol. The van der Waals surface area contributed by atoms with Gasteiger partial charge in [-0.2, -0.15) is 0 Å². The zero-order valence-electron chi connectivity index (χ0n) is 7.71. The van der Waals surface area contributed by atoms with Gasteiger partial charge in [0, 0.05) is 12.4 Å². The number of carboxylic acids is 1. The summed E-state index contributed by atoms with van der Waals surface area (Å²) in [6, 6.07) is 0. The predicted molar refractivity (Wildman–Crippen MR) is 44.3 cm³/mol. The number of carbonyl (C=O) groups excluding carboxylic acids is 1. The number of carbonyl (C=O) groups is 1. The first-order chi connectivity index (χ1) is 5.62. The first kappa shape index (κ1) is 9.52. The summed E-state index contributed by atoms with van der Waals surface area (Å²) in [4.78, 5) is 10.3. The minimum atomic E-state index is -0.917. The number of aliphatic carboxylic acids is 1.